The van der Waals surface area contributed by atoms with Crippen LogP contribution in [-0.2, 0) is 20.9 Å². The SMILES string of the molecule is NS(=O)(=O)OC[C@@H]1CC[C@H](Nc2ncncc2C(=O)c2cc(Cc3cccc(Cl)c3)c(Cl)o2)C1. The minimum absolute atomic E-state index is 0.0193. The molecule has 2 aromatic heterocycles. The molecule has 3 aromatic rings. The van der Waals surface area contributed by atoms with Gasteiger partial charge in [0.05, 0.1) is 12.2 Å². The number of carbonyl (C=O) groups excluding carboxylic acids is 1. The Labute approximate surface area is 206 Å². The standard InChI is InChI=1S/C22H22Cl2N4O5S/c23-16-3-1-2-13(7-16)6-15-9-19(33-21(15)24)20(29)18-10-26-12-27-22(18)28-17-5-4-14(8-17)11-32-34(25,30)31/h1-3,7,9-10,12,14,17H,4-6,8,11H2,(H2,25,30,31)(H,26,27,28)/t14-,17+/m1/s1. The fraction of sp³-hybridized carbons (Fsp3) is 0.318. The van der Waals surface area contributed by atoms with Crippen molar-refractivity contribution in [2.24, 2.45) is 11.1 Å². The predicted octanol–water partition coefficient (Wildman–Crippen LogP) is 4.00. The normalized spacial score (nSPS) is 18.2. The summed E-state index contributed by atoms with van der Waals surface area (Å²) >= 11 is 12.3. The number of carbonyl (C=O) groups is 1. The molecule has 2 heterocycles. The molecule has 1 aromatic carbocycles. The van der Waals surface area contributed by atoms with Crippen LogP contribution in [0.1, 0.15) is 46.5 Å². The van der Waals surface area contributed by atoms with Crippen LogP contribution in [-0.4, -0.2) is 36.8 Å². The number of nitrogens with two attached hydrogens (primary N) is 1. The molecular formula is C22H22Cl2N4O5S. The van der Waals surface area contributed by atoms with Crippen LogP contribution >= 0.6 is 23.2 Å². The smallest absolute Gasteiger partial charge is 0.333 e. The zero-order valence-corrected chi connectivity index (χ0v) is 20.2. The number of aromatic nitrogens is 2. The fourth-order valence-corrected chi connectivity index (χ4v) is 4.79. The summed E-state index contributed by atoms with van der Waals surface area (Å²) in [6.07, 6.45) is 5.37. The number of hydrogen-bond donors (Lipinski definition) is 2. The van der Waals surface area contributed by atoms with Crippen molar-refractivity contribution in [1.29, 1.82) is 0 Å². The number of ketones is 1. The zero-order chi connectivity index (χ0) is 24.3. The van der Waals surface area contributed by atoms with Gasteiger partial charge in [-0.3, -0.25) is 8.98 Å². The molecule has 0 unspecified atom stereocenters. The zero-order valence-electron chi connectivity index (χ0n) is 17.9. The van der Waals surface area contributed by atoms with Gasteiger partial charge in [0.2, 0.25) is 5.78 Å². The van der Waals surface area contributed by atoms with Crippen molar-refractivity contribution in [2.75, 3.05) is 11.9 Å². The van der Waals surface area contributed by atoms with E-state index in [2.05, 4.69) is 15.3 Å². The topological polar surface area (TPSA) is 137 Å². The Morgan fingerprint density at radius 2 is 2.09 bits per heavy atom. The first-order valence-corrected chi connectivity index (χ1v) is 12.7. The lowest BCUT2D eigenvalue weighted by Gasteiger charge is -2.15. The number of furan rings is 1. The summed E-state index contributed by atoms with van der Waals surface area (Å²) in [5.41, 5.74) is 1.83. The summed E-state index contributed by atoms with van der Waals surface area (Å²) in [6, 6.07) is 8.94. The summed E-state index contributed by atoms with van der Waals surface area (Å²) in [4.78, 5) is 21.4. The largest absolute Gasteiger partial charge is 0.441 e. The molecule has 1 saturated carbocycles. The number of rotatable bonds is 9. The third kappa shape index (κ3) is 6.34. The highest BCUT2D eigenvalue weighted by Crippen LogP contribution is 2.31. The van der Waals surface area contributed by atoms with Crippen LogP contribution in [0.15, 0.2) is 47.3 Å². The van der Waals surface area contributed by atoms with Crippen LogP contribution in [0, 0.1) is 5.92 Å². The maximum absolute atomic E-state index is 13.2. The van der Waals surface area contributed by atoms with Crippen molar-refractivity contribution in [3.63, 3.8) is 0 Å². The molecule has 0 amide bonds. The van der Waals surface area contributed by atoms with E-state index in [1.807, 2.05) is 18.2 Å². The molecule has 180 valence electrons. The summed E-state index contributed by atoms with van der Waals surface area (Å²) in [5, 5.41) is 8.89. The summed E-state index contributed by atoms with van der Waals surface area (Å²) in [6.45, 7) is 0.0207. The van der Waals surface area contributed by atoms with E-state index < -0.39 is 16.1 Å². The summed E-state index contributed by atoms with van der Waals surface area (Å²) < 4.78 is 32.3. The van der Waals surface area contributed by atoms with E-state index in [9.17, 15) is 13.2 Å². The number of nitrogens with zero attached hydrogens (tertiary/aromatic N) is 2. The number of anilines is 1. The van der Waals surface area contributed by atoms with Gasteiger partial charge in [0, 0.05) is 29.2 Å². The average Bonchev–Trinajstić information content (AvgIpc) is 3.38. The molecule has 1 aliphatic rings. The van der Waals surface area contributed by atoms with E-state index >= 15 is 0 Å². The molecule has 0 spiro atoms. The Morgan fingerprint density at radius 1 is 1.26 bits per heavy atom. The molecule has 1 aliphatic carbocycles. The van der Waals surface area contributed by atoms with Gasteiger partial charge in [0.25, 0.3) is 0 Å². The van der Waals surface area contributed by atoms with Crippen LogP contribution in [0.2, 0.25) is 10.2 Å². The van der Waals surface area contributed by atoms with Crippen LogP contribution < -0.4 is 10.5 Å². The van der Waals surface area contributed by atoms with Gasteiger partial charge < -0.3 is 9.73 Å². The first kappa shape index (κ1) is 24.6. The lowest BCUT2D eigenvalue weighted by atomic mass is 10.1. The molecule has 0 radical (unpaired) electrons. The lowest BCUT2D eigenvalue weighted by molar-refractivity contribution is 0.101. The Kier molecular flexibility index (Phi) is 7.54. The van der Waals surface area contributed by atoms with E-state index in [0.717, 1.165) is 18.4 Å². The van der Waals surface area contributed by atoms with Crippen LogP contribution in [0.3, 0.4) is 0 Å². The molecule has 2 atom stereocenters. The molecule has 4 rings (SSSR count). The Bertz CT molecular complexity index is 1300. The Hall–Kier alpha value is -2.50. The molecule has 0 saturated heterocycles. The van der Waals surface area contributed by atoms with Crippen LogP contribution in [0.25, 0.3) is 0 Å². The first-order valence-electron chi connectivity index (χ1n) is 10.5. The lowest BCUT2D eigenvalue weighted by Crippen LogP contribution is -2.22. The molecule has 9 nitrogen and oxygen atoms in total. The maximum atomic E-state index is 13.2. The minimum Gasteiger partial charge on any atom is -0.441 e. The maximum Gasteiger partial charge on any atom is 0.333 e. The van der Waals surface area contributed by atoms with Gasteiger partial charge in [-0.15, -0.1) is 0 Å². The van der Waals surface area contributed by atoms with E-state index in [4.69, 9.17) is 36.9 Å². The Balaban J connectivity index is 1.46. The van der Waals surface area contributed by atoms with Crippen LogP contribution in [0.4, 0.5) is 5.82 Å². The van der Waals surface area contributed by atoms with Gasteiger partial charge in [-0.25, -0.2) is 15.1 Å². The third-order valence-corrected chi connectivity index (χ3v) is 6.59. The van der Waals surface area contributed by atoms with Gasteiger partial charge in [-0.1, -0.05) is 23.7 Å². The Morgan fingerprint density at radius 3 is 2.85 bits per heavy atom. The monoisotopic (exact) mass is 524 g/mol. The fourth-order valence-electron chi connectivity index (χ4n) is 3.99. The minimum atomic E-state index is -3.97. The van der Waals surface area contributed by atoms with E-state index in [-0.39, 0.29) is 35.1 Å². The van der Waals surface area contributed by atoms with Gasteiger partial charge in [-0.05, 0) is 60.5 Å². The van der Waals surface area contributed by atoms with E-state index in [1.165, 1.54) is 12.5 Å². The van der Waals surface area contributed by atoms with E-state index in [1.54, 1.807) is 12.1 Å². The van der Waals surface area contributed by atoms with Crippen molar-refractivity contribution < 1.29 is 21.8 Å². The molecule has 0 aliphatic heterocycles. The van der Waals surface area contributed by atoms with Crippen molar-refractivity contribution in [3.8, 4) is 0 Å². The summed E-state index contributed by atoms with van der Waals surface area (Å²) in [5.74, 6) is 0.0526. The summed E-state index contributed by atoms with van der Waals surface area (Å²) in [7, 11) is -3.97. The van der Waals surface area contributed by atoms with Gasteiger partial charge in [0.15, 0.2) is 11.0 Å². The highest BCUT2D eigenvalue weighted by atomic mass is 35.5. The average molecular weight is 525 g/mol. The number of benzene rings is 1. The van der Waals surface area contributed by atoms with Crippen molar-refractivity contribution >= 4 is 45.1 Å². The number of nitrogens with one attached hydrogen (secondary N) is 1. The van der Waals surface area contributed by atoms with Crippen molar-refractivity contribution in [3.05, 3.63) is 75.5 Å². The molecule has 12 heteroatoms. The predicted molar refractivity (Wildman–Crippen MR) is 127 cm³/mol. The molecular weight excluding hydrogens is 503 g/mol. The molecule has 1 fully saturated rings. The highest BCUT2D eigenvalue weighted by molar-refractivity contribution is 7.84. The van der Waals surface area contributed by atoms with Crippen LogP contribution in [0.5, 0.6) is 0 Å². The molecule has 0 bridgehead atoms. The van der Waals surface area contributed by atoms with Gasteiger partial charge in [-0.2, -0.15) is 8.42 Å². The van der Waals surface area contributed by atoms with Crippen molar-refractivity contribution in [1.82, 2.24) is 9.97 Å². The van der Waals surface area contributed by atoms with Gasteiger partial charge in [0.1, 0.15) is 12.1 Å². The third-order valence-electron chi connectivity index (χ3n) is 5.57. The highest BCUT2D eigenvalue weighted by Gasteiger charge is 2.28. The number of halogens is 2. The second-order valence-corrected chi connectivity index (χ2v) is 10.1. The first-order chi connectivity index (χ1) is 16.2. The van der Waals surface area contributed by atoms with E-state index in [0.29, 0.717) is 29.2 Å². The quantitative estimate of drug-likeness (QED) is 0.400. The molecule has 34 heavy (non-hydrogen) atoms. The molecule has 3 N–H and O–H groups in total. The number of hydrogen-bond acceptors (Lipinski definition) is 8. The second kappa shape index (κ2) is 10.4. The van der Waals surface area contributed by atoms with Gasteiger partial charge >= 0.3 is 10.3 Å². The second-order valence-electron chi connectivity index (χ2n) is 8.13. The van der Waals surface area contributed by atoms with Crippen molar-refractivity contribution in [2.45, 2.75) is 31.7 Å².